The highest BCUT2D eigenvalue weighted by molar-refractivity contribution is 7.13. The first kappa shape index (κ1) is 16.4. The first-order chi connectivity index (χ1) is 9.72. The van der Waals surface area contributed by atoms with Crippen molar-refractivity contribution in [2.24, 2.45) is 0 Å². The van der Waals surface area contributed by atoms with Crippen molar-refractivity contribution in [3.05, 3.63) is 29.8 Å². The predicted molar refractivity (Wildman–Crippen MR) is 84.9 cm³/mol. The van der Waals surface area contributed by atoms with Crippen LogP contribution in [0.2, 0.25) is 0 Å². The average Bonchev–Trinajstić information content (AvgIpc) is 2.91. The molecule has 1 aromatic rings. The van der Waals surface area contributed by atoms with Crippen LogP contribution in [0.5, 0.6) is 0 Å². The third kappa shape index (κ3) is 5.17. The van der Waals surface area contributed by atoms with Gasteiger partial charge in [0.25, 0.3) is 0 Å². The molecule has 110 valence electrons. The maximum Gasteiger partial charge on any atom is 0.340 e. The zero-order chi connectivity index (χ0) is 14.8. The highest BCUT2D eigenvalue weighted by Gasteiger charge is 2.15. The topological polar surface area (TPSA) is 51.2 Å². The van der Waals surface area contributed by atoms with E-state index >= 15 is 0 Å². The summed E-state index contributed by atoms with van der Waals surface area (Å²) < 4.78 is 5.04. The van der Waals surface area contributed by atoms with Gasteiger partial charge in [-0.1, -0.05) is 38.5 Å². The number of hydrogen-bond acceptors (Lipinski definition) is 5. The van der Waals surface area contributed by atoms with Gasteiger partial charge < -0.3 is 10.1 Å². The minimum atomic E-state index is -0.366. The first-order valence-electron chi connectivity index (χ1n) is 6.87. The molecule has 0 aliphatic heterocycles. The highest BCUT2D eigenvalue weighted by Crippen LogP contribution is 2.22. The van der Waals surface area contributed by atoms with Crippen LogP contribution in [-0.4, -0.2) is 24.1 Å². The minimum absolute atomic E-state index is 0.211. The zero-order valence-electron chi connectivity index (χ0n) is 12.1. The number of aromatic nitrogens is 1. The molecule has 0 atom stereocenters. The summed E-state index contributed by atoms with van der Waals surface area (Å²) in [7, 11) is 0. The van der Waals surface area contributed by atoms with Crippen molar-refractivity contribution in [1.82, 2.24) is 4.98 Å². The summed E-state index contributed by atoms with van der Waals surface area (Å²) in [5.74, 6) is -0.366. The number of carbonyl (C=O) groups excluding carboxylic acids is 1. The fraction of sp³-hybridized carbons (Fsp3) is 0.467. The average molecular weight is 294 g/mol. The molecular formula is C15H22N2O2S. The zero-order valence-corrected chi connectivity index (χ0v) is 13.0. The monoisotopic (exact) mass is 294 g/mol. The number of esters is 1. The maximum absolute atomic E-state index is 11.8. The highest BCUT2D eigenvalue weighted by atomic mass is 32.1. The van der Waals surface area contributed by atoms with Crippen molar-refractivity contribution in [3.63, 3.8) is 0 Å². The summed E-state index contributed by atoms with van der Waals surface area (Å²) in [5.41, 5.74) is 1.15. The summed E-state index contributed by atoms with van der Waals surface area (Å²) in [5, 5.41) is 5.98. The molecule has 0 aliphatic rings. The van der Waals surface area contributed by atoms with Crippen LogP contribution in [0.4, 0.5) is 5.13 Å². The van der Waals surface area contributed by atoms with Gasteiger partial charge in [-0.05, 0) is 13.3 Å². The summed E-state index contributed by atoms with van der Waals surface area (Å²) in [6.07, 6.45) is 6.80. The molecule has 4 nitrogen and oxygen atoms in total. The third-order valence-corrected chi connectivity index (χ3v) is 3.48. The molecular weight excluding hydrogens is 272 g/mol. The summed E-state index contributed by atoms with van der Waals surface area (Å²) in [6.45, 7) is 8.62. The number of hydrogen-bond donors (Lipinski definition) is 1. The van der Waals surface area contributed by atoms with Crippen molar-refractivity contribution in [2.45, 2.75) is 33.1 Å². The number of allylic oxidation sites excluding steroid dienone is 1. The van der Waals surface area contributed by atoms with Gasteiger partial charge in [-0.25, -0.2) is 9.78 Å². The molecule has 0 unspecified atom stereocenters. The van der Waals surface area contributed by atoms with Crippen LogP contribution in [0, 0.1) is 0 Å². The van der Waals surface area contributed by atoms with Crippen molar-refractivity contribution in [2.75, 3.05) is 18.5 Å². The Balaban J connectivity index is 2.59. The van der Waals surface area contributed by atoms with Gasteiger partial charge in [0.05, 0.1) is 11.3 Å². The fourth-order valence-electron chi connectivity index (χ4n) is 1.63. The molecule has 5 heteroatoms. The van der Waals surface area contributed by atoms with Gasteiger partial charge >= 0.3 is 5.97 Å². The van der Waals surface area contributed by atoms with E-state index in [1.165, 1.54) is 24.2 Å². The number of ether oxygens (including phenoxy) is 1. The molecule has 0 bridgehead atoms. The lowest BCUT2D eigenvalue weighted by Crippen LogP contribution is -2.07. The lowest BCUT2D eigenvalue weighted by Gasteiger charge is -2.04. The first-order valence-corrected chi connectivity index (χ1v) is 7.75. The normalized spacial score (nSPS) is 11.2. The lowest BCUT2D eigenvalue weighted by molar-refractivity contribution is -0.135. The summed E-state index contributed by atoms with van der Waals surface area (Å²) in [4.78, 5) is 16.3. The Labute approximate surface area is 124 Å². The SMILES string of the molecule is C=CCOC(=O)/C(=C/C)c1csc(NCCCCC)n1. The smallest absolute Gasteiger partial charge is 0.340 e. The molecule has 0 saturated carbocycles. The molecule has 20 heavy (non-hydrogen) atoms. The molecule has 0 amide bonds. The Kier molecular flexibility index (Phi) is 7.65. The number of anilines is 1. The van der Waals surface area contributed by atoms with E-state index in [0.717, 1.165) is 18.1 Å². The molecule has 0 saturated heterocycles. The van der Waals surface area contributed by atoms with Crippen molar-refractivity contribution >= 4 is 28.0 Å². The van der Waals surface area contributed by atoms with Crippen LogP contribution in [-0.2, 0) is 9.53 Å². The van der Waals surface area contributed by atoms with E-state index in [1.54, 1.807) is 19.1 Å². The van der Waals surface area contributed by atoms with Crippen LogP contribution in [0.25, 0.3) is 5.57 Å². The standard InChI is InChI=1S/C15H22N2O2S/c1-4-7-8-9-16-15-17-13(11-20-15)12(6-3)14(18)19-10-5-2/h5-6,11H,2,4,7-10H2,1,3H3,(H,16,17)/b12-6+. The Bertz CT molecular complexity index is 466. The maximum atomic E-state index is 11.8. The largest absolute Gasteiger partial charge is 0.458 e. The Hall–Kier alpha value is -1.62. The van der Waals surface area contributed by atoms with Gasteiger partial charge in [0, 0.05) is 11.9 Å². The van der Waals surface area contributed by atoms with Crippen LogP contribution in [0.1, 0.15) is 38.8 Å². The number of nitrogens with zero attached hydrogens (tertiary/aromatic N) is 1. The van der Waals surface area contributed by atoms with Crippen molar-refractivity contribution < 1.29 is 9.53 Å². The van der Waals surface area contributed by atoms with Crippen molar-refractivity contribution in [3.8, 4) is 0 Å². The second-order valence-electron chi connectivity index (χ2n) is 4.26. The molecule has 0 aliphatic carbocycles. The lowest BCUT2D eigenvalue weighted by atomic mass is 10.2. The molecule has 1 N–H and O–H groups in total. The molecule has 0 fully saturated rings. The quantitative estimate of drug-likeness (QED) is 0.325. The van der Waals surface area contributed by atoms with Gasteiger partial charge in [0.15, 0.2) is 5.13 Å². The fourth-order valence-corrected chi connectivity index (χ4v) is 2.37. The molecule has 1 heterocycles. The molecule has 1 aromatic heterocycles. The second-order valence-corrected chi connectivity index (χ2v) is 5.12. The number of rotatable bonds is 9. The minimum Gasteiger partial charge on any atom is -0.458 e. The molecule has 1 rings (SSSR count). The van der Waals surface area contributed by atoms with E-state index in [2.05, 4.69) is 23.8 Å². The Morgan fingerprint density at radius 3 is 3.00 bits per heavy atom. The molecule has 0 aromatic carbocycles. The van der Waals surface area contributed by atoms with Crippen LogP contribution < -0.4 is 5.32 Å². The van der Waals surface area contributed by atoms with E-state index in [0.29, 0.717) is 11.3 Å². The Morgan fingerprint density at radius 2 is 2.35 bits per heavy atom. The van der Waals surface area contributed by atoms with Crippen LogP contribution in [0.15, 0.2) is 24.1 Å². The molecule has 0 spiro atoms. The van der Waals surface area contributed by atoms with Gasteiger partial charge in [-0.3, -0.25) is 0 Å². The summed E-state index contributed by atoms with van der Waals surface area (Å²) >= 11 is 1.50. The molecule has 0 radical (unpaired) electrons. The van der Waals surface area contributed by atoms with Crippen LogP contribution >= 0.6 is 11.3 Å². The van der Waals surface area contributed by atoms with Crippen LogP contribution in [0.3, 0.4) is 0 Å². The third-order valence-electron chi connectivity index (χ3n) is 2.68. The summed E-state index contributed by atoms with van der Waals surface area (Å²) in [6, 6.07) is 0. The van der Waals surface area contributed by atoms with Gasteiger partial charge in [0.2, 0.25) is 0 Å². The number of unbranched alkanes of at least 4 members (excludes halogenated alkanes) is 2. The predicted octanol–water partition coefficient (Wildman–Crippen LogP) is 3.88. The van der Waals surface area contributed by atoms with E-state index in [1.807, 2.05) is 5.38 Å². The van der Waals surface area contributed by atoms with Crippen molar-refractivity contribution in [1.29, 1.82) is 0 Å². The van der Waals surface area contributed by atoms with E-state index in [9.17, 15) is 4.79 Å². The number of thiazole rings is 1. The number of carbonyl (C=O) groups is 1. The number of nitrogens with one attached hydrogen (secondary N) is 1. The van der Waals surface area contributed by atoms with E-state index in [-0.39, 0.29) is 12.6 Å². The van der Waals surface area contributed by atoms with Gasteiger partial charge in [-0.2, -0.15) is 0 Å². The Morgan fingerprint density at radius 1 is 1.55 bits per heavy atom. The van der Waals surface area contributed by atoms with Gasteiger partial charge in [0.1, 0.15) is 6.61 Å². The van der Waals surface area contributed by atoms with Gasteiger partial charge in [-0.15, -0.1) is 11.3 Å². The van der Waals surface area contributed by atoms with E-state index in [4.69, 9.17) is 4.74 Å². The second kappa shape index (κ2) is 9.31. The van der Waals surface area contributed by atoms with E-state index < -0.39 is 0 Å².